The molecule has 182 valence electrons. The summed E-state index contributed by atoms with van der Waals surface area (Å²) in [6, 6.07) is 20.0. The van der Waals surface area contributed by atoms with Gasteiger partial charge in [-0.1, -0.05) is 103 Å². The van der Waals surface area contributed by atoms with Gasteiger partial charge in [-0.15, -0.1) is 0 Å². The van der Waals surface area contributed by atoms with Crippen molar-refractivity contribution < 1.29 is 18.8 Å². The molecule has 1 aromatic heterocycles. The van der Waals surface area contributed by atoms with Crippen molar-refractivity contribution in [3.05, 3.63) is 83.5 Å². The third kappa shape index (κ3) is 6.12. The molecule has 1 aliphatic carbocycles. The van der Waals surface area contributed by atoms with Crippen LogP contribution in [-0.2, 0) is 23.3 Å². The van der Waals surface area contributed by atoms with Crippen LogP contribution in [0.15, 0.2) is 65.2 Å². The van der Waals surface area contributed by atoms with Crippen LogP contribution >= 0.6 is 0 Å². The molecule has 1 unspecified atom stereocenters. The maximum Gasteiger partial charge on any atom is 0.281 e. The Labute approximate surface area is 203 Å². The average Bonchev–Trinajstić information content (AvgIpc) is 3.33. The van der Waals surface area contributed by atoms with E-state index in [0.29, 0.717) is 30.1 Å². The maximum atomic E-state index is 14.4. The second-order valence-electron chi connectivity index (χ2n) is 10.1. The smallest absolute Gasteiger partial charge is 0.281 e. The zero-order valence-electron chi connectivity index (χ0n) is 20.5. The molecular weight excluding hydrogens is 426 g/mol. The van der Waals surface area contributed by atoms with Crippen molar-refractivity contribution in [3.63, 3.8) is 0 Å². The monoisotopic (exact) mass is 463 g/mol. The SMILES string of the molecule is C[N+](C)(CCOCCc1ccccc1)Cc1nc(C([O-])(c2ccccc2)C2CCCCC2)no1. The molecule has 1 fully saturated rings. The lowest BCUT2D eigenvalue weighted by Crippen LogP contribution is -2.50. The van der Waals surface area contributed by atoms with Crippen LogP contribution < -0.4 is 5.11 Å². The van der Waals surface area contributed by atoms with Gasteiger partial charge < -0.3 is 18.8 Å². The molecule has 6 nitrogen and oxygen atoms in total. The molecule has 1 atom stereocenters. The maximum absolute atomic E-state index is 14.4. The number of hydrogen-bond acceptors (Lipinski definition) is 5. The molecule has 0 bridgehead atoms. The summed E-state index contributed by atoms with van der Waals surface area (Å²) < 4.78 is 12.1. The first-order chi connectivity index (χ1) is 16.5. The molecule has 1 saturated carbocycles. The number of hydrogen-bond donors (Lipinski definition) is 0. The standard InChI is InChI=1S/C28H37N3O3/c1-31(2,19-21-33-20-18-23-12-6-3-7-13-23)22-26-29-27(30-34-26)28(32,24-14-8-4-9-15-24)25-16-10-5-11-17-25/h3-4,6-9,12-15,25H,5,10-11,16-22H2,1-2H3. The van der Waals surface area contributed by atoms with Crippen molar-refractivity contribution in [2.45, 2.75) is 50.7 Å². The molecule has 0 spiro atoms. The fourth-order valence-electron chi connectivity index (χ4n) is 4.91. The highest BCUT2D eigenvalue weighted by Gasteiger charge is 2.36. The minimum Gasteiger partial charge on any atom is -0.840 e. The van der Waals surface area contributed by atoms with Crippen LogP contribution in [0.4, 0.5) is 0 Å². The summed E-state index contributed by atoms with van der Waals surface area (Å²) in [4.78, 5) is 4.66. The Morgan fingerprint density at radius 2 is 1.65 bits per heavy atom. The molecule has 0 N–H and O–H groups in total. The number of rotatable bonds is 11. The largest absolute Gasteiger partial charge is 0.840 e. The Bertz CT molecular complexity index is 1000. The van der Waals surface area contributed by atoms with Gasteiger partial charge in [0.2, 0.25) is 0 Å². The van der Waals surface area contributed by atoms with Crippen LogP contribution in [0, 0.1) is 5.92 Å². The van der Waals surface area contributed by atoms with Crippen molar-refractivity contribution in [2.24, 2.45) is 5.92 Å². The van der Waals surface area contributed by atoms with E-state index in [1.165, 1.54) is 12.0 Å². The van der Waals surface area contributed by atoms with Crippen LogP contribution in [0.3, 0.4) is 0 Å². The molecule has 2 aromatic carbocycles. The van der Waals surface area contributed by atoms with E-state index in [2.05, 4.69) is 48.5 Å². The van der Waals surface area contributed by atoms with Gasteiger partial charge in [-0.05, 0) is 23.5 Å². The number of nitrogens with zero attached hydrogens (tertiary/aromatic N) is 3. The van der Waals surface area contributed by atoms with E-state index >= 15 is 0 Å². The minimum atomic E-state index is -1.47. The van der Waals surface area contributed by atoms with Crippen molar-refractivity contribution >= 4 is 0 Å². The third-order valence-corrected chi connectivity index (χ3v) is 6.97. The Balaban J connectivity index is 1.37. The summed E-state index contributed by atoms with van der Waals surface area (Å²) in [6.07, 6.45) is 6.08. The molecule has 6 heteroatoms. The third-order valence-electron chi connectivity index (χ3n) is 6.97. The van der Waals surface area contributed by atoms with E-state index in [-0.39, 0.29) is 11.7 Å². The van der Waals surface area contributed by atoms with Crippen molar-refractivity contribution in [2.75, 3.05) is 33.9 Å². The van der Waals surface area contributed by atoms with E-state index in [9.17, 15) is 5.11 Å². The molecule has 1 heterocycles. The van der Waals surface area contributed by atoms with E-state index in [0.717, 1.165) is 44.2 Å². The van der Waals surface area contributed by atoms with Gasteiger partial charge in [0, 0.05) is 0 Å². The van der Waals surface area contributed by atoms with E-state index in [1.54, 1.807) is 0 Å². The average molecular weight is 464 g/mol. The molecular formula is C28H37N3O3. The van der Waals surface area contributed by atoms with E-state index < -0.39 is 5.60 Å². The van der Waals surface area contributed by atoms with Crippen LogP contribution in [0.2, 0.25) is 0 Å². The molecule has 4 rings (SSSR count). The molecule has 0 radical (unpaired) electrons. The minimum absolute atomic E-state index is 0.0189. The van der Waals surface area contributed by atoms with Gasteiger partial charge in [0.15, 0.2) is 12.4 Å². The molecule has 3 aromatic rings. The highest BCUT2D eigenvalue weighted by Crippen LogP contribution is 2.40. The van der Waals surface area contributed by atoms with E-state index in [4.69, 9.17) is 9.26 Å². The van der Waals surface area contributed by atoms with Gasteiger partial charge in [-0.3, -0.25) is 0 Å². The normalized spacial score (nSPS) is 16.9. The van der Waals surface area contributed by atoms with Gasteiger partial charge in [-0.25, -0.2) is 0 Å². The first-order valence-electron chi connectivity index (χ1n) is 12.5. The second-order valence-corrected chi connectivity index (χ2v) is 10.1. The van der Waals surface area contributed by atoms with Crippen LogP contribution in [0.5, 0.6) is 0 Å². The lowest BCUT2D eigenvalue weighted by atomic mass is 9.73. The Hall–Kier alpha value is -2.54. The van der Waals surface area contributed by atoms with Crippen LogP contribution in [0.25, 0.3) is 0 Å². The van der Waals surface area contributed by atoms with Crippen molar-refractivity contribution in [1.29, 1.82) is 0 Å². The number of benzene rings is 2. The summed E-state index contributed by atoms with van der Waals surface area (Å²) >= 11 is 0. The molecule has 34 heavy (non-hydrogen) atoms. The van der Waals surface area contributed by atoms with Gasteiger partial charge in [0.25, 0.3) is 5.89 Å². The zero-order valence-corrected chi connectivity index (χ0v) is 20.5. The fraction of sp³-hybridized carbons (Fsp3) is 0.500. The van der Waals surface area contributed by atoms with Gasteiger partial charge in [0.1, 0.15) is 6.54 Å². The lowest BCUT2D eigenvalue weighted by molar-refractivity contribution is -0.905. The predicted octanol–water partition coefficient (Wildman–Crippen LogP) is 4.09. The first-order valence-corrected chi connectivity index (χ1v) is 12.5. The van der Waals surface area contributed by atoms with E-state index in [1.807, 2.05) is 36.4 Å². The molecule has 0 saturated heterocycles. The summed E-state index contributed by atoms with van der Waals surface area (Å²) in [5.41, 5.74) is 0.545. The number of quaternary nitrogens is 1. The van der Waals surface area contributed by atoms with Crippen LogP contribution in [0.1, 0.15) is 54.9 Å². The predicted molar refractivity (Wildman–Crippen MR) is 130 cm³/mol. The quantitative estimate of drug-likeness (QED) is 0.316. The van der Waals surface area contributed by atoms with Crippen LogP contribution in [-0.4, -0.2) is 48.5 Å². The lowest BCUT2D eigenvalue weighted by Gasteiger charge is -2.46. The number of likely N-dealkylation sites (N-methyl/N-ethyl adjacent to an activating group) is 1. The Morgan fingerprint density at radius 3 is 2.35 bits per heavy atom. The second kappa shape index (κ2) is 11.3. The topological polar surface area (TPSA) is 71.2 Å². The summed E-state index contributed by atoms with van der Waals surface area (Å²) in [6.45, 7) is 2.73. The highest BCUT2D eigenvalue weighted by molar-refractivity contribution is 5.29. The molecule has 0 aliphatic heterocycles. The van der Waals surface area contributed by atoms with Crippen molar-refractivity contribution in [1.82, 2.24) is 10.1 Å². The summed E-state index contributed by atoms with van der Waals surface area (Å²) in [5, 5.41) is 18.6. The summed E-state index contributed by atoms with van der Waals surface area (Å²) in [5.74, 6) is 0.769. The number of ether oxygens (including phenoxy) is 1. The highest BCUT2D eigenvalue weighted by atomic mass is 16.5. The van der Waals surface area contributed by atoms with Crippen molar-refractivity contribution in [3.8, 4) is 0 Å². The van der Waals surface area contributed by atoms with Gasteiger partial charge in [0.05, 0.1) is 27.3 Å². The summed E-state index contributed by atoms with van der Waals surface area (Å²) in [7, 11) is 4.24. The van der Waals surface area contributed by atoms with Gasteiger partial charge >= 0.3 is 0 Å². The zero-order chi connectivity index (χ0) is 23.9. The Morgan fingerprint density at radius 1 is 0.971 bits per heavy atom. The number of aromatic nitrogens is 2. The molecule has 1 aliphatic rings. The first kappa shape index (κ1) is 24.6. The Kier molecular flexibility index (Phi) is 8.14. The van der Waals surface area contributed by atoms with Gasteiger partial charge in [-0.2, -0.15) is 4.98 Å². The molecule has 0 amide bonds. The fourth-order valence-corrected chi connectivity index (χ4v) is 4.91.